The molecule has 0 radical (unpaired) electrons. The van der Waals surface area contributed by atoms with Crippen LogP contribution in [-0.2, 0) is 6.42 Å². The van der Waals surface area contributed by atoms with Crippen molar-refractivity contribution in [3.05, 3.63) is 11.3 Å². The zero-order chi connectivity index (χ0) is 15.9. The van der Waals surface area contributed by atoms with Crippen molar-refractivity contribution in [2.24, 2.45) is 5.92 Å². The van der Waals surface area contributed by atoms with E-state index in [4.69, 9.17) is 11.0 Å². The molecule has 7 heteroatoms. The van der Waals surface area contributed by atoms with Gasteiger partial charge in [-0.1, -0.05) is 19.8 Å². The van der Waals surface area contributed by atoms with Gasteiger partial charge in [-0.15, -0.1) is 0 Å². The summed E-state index contributed by atoms with van der Waals surface area (Å²) in [5, 5.41) is 21.5. The van der Waals surface area contributed by atoms with Crippen LogP contribution >= 0.6 is 0 Å². The van der Waals surface area contributed by atoms with Crippen molar-refractivity contribution in [1.29, 1.82) is 5.26 Å². The molecule has 0 saturated heterocycles. The third-order valence-corrected chi connectivity index (χ3v) is 4.30. The first-order chi connectivity index (χ1) is 10.6. The van der Waals surface area contributed by atoms with Crippen molar-refractivity contribution in [1.82, 2.24) is 20.8 Å². The molecule has 0 spiro atoms. The summed E-state index contributed by atoms with van der Waals surface area (Å²) < 4.78 is 0. The number of nitrogens with one attached hydrogen (secondary N) is 3. The molecule has 1 aliphatic rings. The summed E-state index contributed by atoms with van der Waals surface area (Å²) >= 11 is 0. The van der Waals surface area contributed by atoms with Crippen LogP contribution in [0, 0.1) is 17.2 Å². The van der Waals surface area contributed by atoms with E-state index in [0.29, 0.717) is 24.4 Å². The average molecular weight is 304 g/mol. The number of hydrogen-bond donors (Lipinski definition) is 4. The molecule has 0 bridgehead atoms. The normalized spacial score (nSPS) is 21.1. The molecule has 1 aromatic heterocycles. The third-order valence-electron chi connectivity index (χ3n) is 4.30. The van der Waals surface area contributed by atoms with Crippen molar-refractivity contribution >= 4 is 11.8 Å². The molecule has 120 valence electrons. The molecule has 2 amide bonds. The molecule has 1 heterocycles. The molecule has 5 N–H and O–H groups in total. The Morgan fingerprint density at radius 2 is 2.27 bits per heavy atom. The maximum absolute atomic E-state index is 11.9. The van der Waals surface area contributed by atoms with Gasteiger partial charge in [0.05, 0.1) is 5.69 Å². The number of aryl methyl sites for hydroxylation is 1. The number of amides is 2. The number of carbonyl (C=O) groups excluding carboxylic acids is 1. The maximum atomic E-state index is 11.9. The Morgan fingerprint density at radius 1 is 1.50 bits per heavy atom. The first kappa shape index (κ1) is 16.1. The van der Waals surface area contributed by atoms with Crippen molar-refractivity contribution in [2.75, 3.05) is 12.3 Å². The van der Waals surface area contributed by atoms with Gasteiger partial charge >= 0.3 is 6.03 Å². The quantitative estimate of drug-likeness (QED) is 0.618. The highest BCUT2D eigenvalue weighted by molar-refractivity contribution is 5.74. The lowest BCUT2D eigenvalue weighted by atomic mass is 9.86. The smallest absolute Gasteiger partial charge is 0.315 e. The number of nitrogen functional groups attached to an aromatic ring is 1. The average Bonchev–Trinajstić information content (AvgIpc) is 2.86. The van der Waals surface area contributed by atoms with E-state index in [1.807, 2.05) is 6.07 Å². The Bertz CT molecular complexity index is 547. The molecule has 1 aromatic rings. The number of nitrogens with two attached hydrogens (primary N) is 1. The van der Waals surface area contributed by atoms with Crippen LogP contribution in [0.4, 0.5) is 10.6 Å². The molecule has 2 atom stereocenters. The van der Waals surface area contributed by atoms with E-state index in [1.165, 1.54) is 19.3 Å². The van der Waals surface area contributed by atoms with Crippen LogP contribution in [0.5, 0.6) is 0 Å². The Balaban J connectivity index is 1.68. The van der Waals surface area contributed by atoms with E-state index in [0.717, 1.165) is 18.5 Å². The summed E-state index contributed by atoms with van der Waals surface area (Å²) in [5.74, 6) is 0.778. The van der Waals surface area contributed by atoms with E-state index in [9.17, 15) is 4.79 Å². The molecule has 1 aliphatic carbocycles. The van der Waals surface area contributed by atoms with Crippen LogP contribution in [0.25, 0.3) is 0 Å². The number of nitriles is 1. The summed E-state index contributed by atoms with van der Waals surface area (Å²) in [4.78, 5) is 11.9. The zero-order valence-electron chi connectivity index (χ0n) is 13.0. The van der Waals surface area contributed by atoms with Gasteiger partial charge in [0.2, 0.25) is 0 Å². The molecule has 7 nitrogen and oxygen atoms in total. The Morgan fingerprint density at radius 3 is 3.00 bits per heavy atom. The predicted octanol–water partition coefficient (Wildman–Crippen LogP) is 1.67. The second kappa shape index (κ2) is 7.69. The molecular formula is C15H24N6O. The fourth-order valence-corrected chi connectivity index (χ4v) is 2.92. The first-order valence-electron chi connectivity index (χ1n) is 7.89. The second-order valence-electron chi connectivity index (χ2n) is 5.95. The predicted molar refractivity (Wildman–Crippen MR) is 84.0 cm³/mol. The van der Waals surface area contributed by atoms with Gasteiger partial charge in [0, 0.05) is 12.6 Å². The van der Waals surface area contributed by atoms with Gasteiger partial charge in [-0.25, -0.2) is 4.79 Å². The standard InChI is InChI=1S/C15H24N6O/c1-10-5-2-3-6-12(10)19-15(22)18-8-4-7-13-11(9-16)14(17)21-20-13/h10,12H,2-8H2,1H3,(H3,17,20,21)(H2,18,19,22)/t10-,12-/m1/s1. The number of aromatic amines is 1. The molecule has 1 saturated carbocycles. The second-order valence-corrected chi connectivity index (χ2v) is 5.95. The third kappa shape index (κ3) is 4.13. The SMILES string of the molecule is C[C@@H]1CCCC[C@H]1NC(=O)NCCCc1[nH]nc(N)c1C#N. The molecule has 0 unspecified atom stereocenters. The summed E-state index contributed by atoms with van der Waals surface area (Å²) in [6, 6.07) is 2.21. The number of urea groups is 1. The van der Waals surface area contributed by atoms with Gasteiger partial charge in [-0.05, 0) is 31.6 Å². The van der Waals surface area contributed by atoms with Crippen molar-refractivity contribution in [3.63, 3.8) is 0 Å². The minimum Gasteiger partial charge on any atom is -0.381 e. The largest absolute Gasteiger partial charge is 0.381 e. The van der Waals surface area contributed by atoms with E-state index >= 15 is 0 Å². The number of rotatable bonds is 5. The topological polar surface area (TPSA) is 120 Å². The minimum absolute atomic E-state index is 0.108. The molecule has 0 aromatic carbocycles. The zero-order valence-corrected chi connectivity index (χ0v) is 13.0. The molecule has 22 heavy (non-hydrogen) atoms. The molecule has 1 fully saturated rings. The minimum atomic E-state index is -0.108. The van der Waals surface area contributed by atoms with Crippen LogP contribution in [0.15, 0.2) is 0 Å². The van der Waals surface area contributed by atoms with Crippen LogP contribution in [0.2, 0.25) is 0 Å². The highest BCUT2D eigenvalue weighted by Crippen LogP contribution is 2.23. The van der Waals surface area contributed by atoms with Crippen molar-refractivity contribution in [2.45, 2.75) is 51.5 Å². The monoisotopic (exact) mass is 304 g/mol. The Hall–Kier alpha value is -2.23. The van der Waals surface area contributed by atoms with Gasteiger partial charge in [-0.2, -0.15) is 10.4 Å². The number of anilines is 1. The van der Waals surface area contributed by atoms with Gasteiger partial charge < -0.3 is 16.4 Å². The lowest BCUT2D eigenvalue weighted by Crippen LogP contribution is -2.46. The summed E-state index contributed by atoms with van der Waals surface area (Å²) in [6.45, 7) is 2.74. The number of aromatic nitrogens is 2. The summed E-state index contributed by atoms with van der Waals surface area (Å²) in [7, 11) is 0. The van der Waals surface area contributed by atoms with Crippen LogP contribution < -0.4 is 16.4 Å². The number of nitrogens with zero attached hydrogens (tertiary/aromatic N) is 2. The van der Waals surface area contributed by atoms with Gasteiger partial charge in [0.15, 0.2) is 5.82 Å². The van der Waals surface area contributed by atoms with Gasteiger partial charge in [0.1, 0.15) is 11.6 Å². The lowest BCUT2D eigenvalue weighted by molar-refractivity contribution is 0.221. The van der Waals surface area contributed by atoms with Crippen LogP contribution in [0.1, 0.15) is 50.3 Å². The van der Waals surface area contributed by atoms with Crippen molar-refractivity contribution < 1.29 is 4.79 Å². The van der Waals surface area contributed by atoms with E-state index in [2.05, 4.69) is 27.8 Å². The lowest BCUT2D eigenvalue weighted by Gasteiger charge is -2.29. The number of H-pyrrole nitrogens is 1. The van der Waals surface area contributed by atoms with Gasteiger partial charge in [0.25, 0.3) is 0 Å². The molecular weight excluding hydrogens is 280 g/mol. The maximum Gasteiger partial charge on any atom is 0.315 e. The van der Waals surface area contributed by atoms with E-state index in [-0.39, 0.29) is 17.9 Å². The van der Waals surface area contributed by atoms with E-state index < -0.39 is 0 Å². The summed E-state index contributed by atoms with van der Waals surface area (Å²) in [6.07, 6.45) is 6.05. The molecule has 2 rings (SSSR count). The fraction of sp³-hybridized carbons (Fsp3) is 0.667. The van der Waals surface area contributed by atoms with Crippen LogP contribution in [0.3, 0.4) is 0 Å². The Kier molecular flexibility index (Phi) is 5.64. The number of hydrogen-bond acceptors (Lipinski definition) is 4. The summed E-state index contributed by atoms with van der Waals surface area (Å²) in [5.41, 5.74) is 6.71. The Labute approximate surface area is 130 Å². The van der Waals surface area contributed by atoms with Gasteiger partial charge in [-0.3, -0.25) is 5.10 Å². The number of carbonyl (C=O) groups is 1. The fourth-order valence-electron chi connectivity index (χ4n) is 2.92. The molecule has 0 aliphatic heterocycles. The van der Waals surface area contributed by atoms with Crippen LogP contribution in [-0.4, -0.2) is 28.8 Å². The highest BCUT2D eigenvalue weighted by atomic mass is 16.2. The first-order valence-corrected chi connectivity index (χ1v) is 7.89. The van der Waals surface area contributed by atoms with Crippen molar-refractivity contribution in [3.8, 4) is 6.07 Å². The highest BCUT2D eigenvalue weighted by Gasteiger charge is 2.22. The van der Waals surface area contributed by atoms with E-state index in [1.54, 1.807) is 0 Å².